The molecule has 0 saturated carbocycles. The fourth-order valence-electron chi connectivity index (χ4n) is 3.19. The summed E-state index contributed by atoms with van der Waals surface area (Å²) in [6.07, 6.45) is 3.68. The Morgan fingerprint density at radius 3 is 2.52 bits per heavy atom. The molecule has 4 rings (SSSR count). The first-order valence-electron chi connectivity index (χ1n) is 9.29. The average molecular weight is 402 g/mol. The highest BCUT2D eigenvalue weighted by atomic mass is 32.1. The van der Waals surface area contributed by atoms with Gasteiger partial charge in [0.25, 0.3) is 0 Å². The summed E-state index contributed by atoms with van der Waals surface area (Å²) in [6, 6.07) is 16.7. The first-order valence-corrected chi connectivity index (χ1v) is 10.1. The molecule has 0 aliphatic heterocycles. The molecule has 0 aliphatic rings. The normalized spacial score (nSPS) is 11.1. The van der Waals surface area contributed by atoms with Gasteiger partial charge in [-0.15, -0.1) is 0 Å². The molecule has 2 aromatic carbocycles. The Morgan fingerprint density at radius 1 is 1.03 bits per heavy atom. The molecule has 2 aromatic heterocycles. The number of benzene rings is 2. The van der Waals surface area contributed by atoms with E-state index in [1.807, 2.05) is 18.5 Å². The van der Waals surface area contributed by atoms with Gasteiger partial charge in [-0.1, -0.05) is 54.3 Å². The molecule has 0 unspecified atom stereocenters. The number of anilines is 2. The average Bonchev–Trinajstić information content (AvgIpc) is 3.14. The van der Waals surface area contributed by atoms with E-state index in [1.54, 1.807) is 0 Å². The smallest absolute Gasteiger partial charge is 0.180 e. The van der Waals surface area contributed by atoms with Crippen molar-refractivity contribution in [1.82, 2.24) is 14.9 Å². The summed E-state index contributed by atoms with van der Waals surface area (Å²) < 4.78 is 0. The zero-order valence-corrected chi connectivity index (χ0v) is 17.3. The van der Waals surface area contributed by atoms with Crippen LogP contribution in [-0.2, 0) is 6.54 Å². The van der Waals surface area contributed by atoms with Gasteiger partial charge in [0.05, 0.1) is 4.88 Å². The van der Waals surface area contributed by atoms with Crippen LogP contribution in [0.1, 0.15) is 11.1 Å². The summed E-state index contributed by atoms with van der Waals surface area (Å²) in [5.41, 5.74) is 10.0. The largest absolute Gasteiger partial charge is 0.375 e. The highest BCUT2D eigenvalue weighted by Crippen LogP contribution is 2.30. The Labute approximate surface area is 174 Å². The minimum absolute atomic E-state index is 0.574. The number of nitrogen functional groups attached to an aromatic ring is 1. The van der Waals surface area contributed by atoms with Crippen LogP contribution < -0.4 is 11.1 Å². The van der Waals surface area contributed by atoms with Crippen LogP contribution in [0.3, 0.4) is 0 Å². The first kappa shape index (κ1) is 19.1. The zero-order valence-electron chi connectivity index (χ0n) is 16.5. The minimum Gasteiger partial charge on any atom is -0.375 e. The molecule has 3 N–H and O–H groups in total. The first-order chi connectivity index (χ1) is 14.0. The summed E-state index contributed by atoms with van der Waals surface area (Å²) in [7, 11) is 4.13. The molecule has 0 atom stereocenters. The molecule has 0 amide bonds. The van der Waals surface area contributed by atoms with E-state index in [-0.39, 0.29) is 0 Å². The van der Waals surface area contributed by atoms with Gasteiger partial charge in [-0.25, -0.2) is 9.97 Å². The standard InChI is InChI=1S/C23H23N5S/c1-15(17-6-4-16(5-7-17)14-28(2)3)27-22-11-20-10-18(8-9-19(20)12-25-22)21-13-26-23(24)29-21/h4-13H,1,14H2,2-3H3,(H2,24,26)(H,25,27). The second-order valence-corrected chi connectivity index (χ2v) is 8.29. The second-order valence-electron chi connectivity index (χ2n) is 7.23. The molecule has 146 valence electrons. The Morgan fingerprint density at radius 2 is 1.83 bits per heavy atom. The lowest BCUT2D eigenvalue weighted by Gasteiger charge is -2.12. The van der Waals surface area contributed by atoms with Gasteiger partial charge < -0.3 is 16.0 Å². The Kier molecular flexibility index (Phi) is 5.29. The fourth-order valence-corrected chi connectivity index (χ4v) is 3.87. The predicted octanol–water partition coefficient (Wildman–Crippen LogP) is 5.08. The quantitative estimate of drug-likeness (QED) is 0.471. The molecule has 0 radical (unpaired) electrons. The number of rotatable bonds is 6. The van der Waals surface area contributed by atoms with Crippen molar-refractivity contribution < 1.29 is 0 Å². The molecule has 0 saturated heterocycles. The summed E-state index contributed by atoms with van der Waals surface area (Å²) in [5.74, 6) is 0.765. The van der Waals surface area contributed by atoms with Crippen LogP contribution in [0, 0.1) is 0 Å². The van der Waals surface area contributed by atoms with Crippen molar-refractivity contribution in [2.45, 2.75) is 6.54 Å². The van der Waals surface area contributed by atoms with E-state index in [4.69, 9.17) is 5.73 Å². The Balaban J connectivity index is 1.55. The van der Waals surface area contributed by atoms with E-state index in [2.05, 4.69) is 83.3 Å². The van der Waals surface area contributed by atoms with Gasteiger partial charge in [-0.2, -0.15) is 0 Å². The number of nitrogens with two attached hydrogens (primary N) is 1. The van der Waals surface area contributed by atoms with Crippen LogP contribution in [0.25, 0.3) is 26.9 Å². The van der Waals surface area contributed by atoms with Gasteiger partial charge in [0.15, 0.2) is 5.13 Å². The Bertz CT molecular complexity index is 1160. The molecular weight excluding hydrogens is 378 g/mol. The molecule has 0 fully saturated rings. The lowest BCUT2D eigenvalue weighted by molar-refractivity contribution is 0.402. The van der Waals surface area contributed by atoms with Crippen LogP contribution >= 0.6 is 11.3 Å². The maximum atomic E-state index is 5.77. The molecular formula is C23H23N5S. The molecule has 0 bridgehead atoms. The number of fused-ring (bicyclic) bond motifs is 1. The maximum absolute atomic E-state index is 5.77. The summed E-state index contributed by atoms with van der Waals surface area (Å²) >= 11 is 1.48. The molecule has 0 spiro atoms. The van der Waals surface area contributed by atoms with Crippen molar-refractivity contribution in [1.29, 1.82) is 0 Å². The van der Waals surface area contributed by atoms with Gasteiger partial charge in [0.2, 0.25) is 0 Å². The van der Waals surface area contributed by atoms with Crippen LogP contribution in [0.4, 0.5) is 10.9 Å². The molecule has 29 heavy (non-hydrogen) atoms. The third-order valence-corrected chi connectivity index (χ3v) is 5.49. The number of pyridine rings is 1. The minimum atomic E-state index is 0.574. The summed E-state index contributed by atoms with van der Waals surface area (Å²) in [4.78, 5) is 11.9. The van der Waals surface area contributed by atoms with Crippen molar-refractivity contribution in [2.75, 3.05) is 25.1 Å². The van der Waals surface area contributed by atoms with Crippen LogP contribution in [-0.4, -0.2) is 29.0 Å². The Hall–Kier alpha value is -3.22. The SMILES string of the molecule is C=C(Nc1cc2cc(-c3cnc(N)s3)ccc2cn1)c1ccc(CN(C)C)cc1. The van der Waals surface area contributed by atoms with Crippen LogP contribution in [0.2, 0.25) is 0 Å². The third-order valence-electron chi connectivity index (χ3n) is 4.61. The lowest BCUT2D eigenvalue weighted by Crippen LogP contribution is -2.10. The zero-order chi connectivity index (χ0) is 20.4. The van der Waals surface area contributed by atoms with E-state index in [0.717, 1.165) is 44.8 Å². The fraction of sp³-hybridized carbons (Fsp3) is 0.130. The van der Waals surface area contributed by atoms with E-state index in [0.29, 0.717) is 5.13 Å². The number of hydrogen-bond acceptors (Lipinski definition) is 6. The van der Waals surface area contributed by atoms with Crippen LogP contribution in [0.15, 0.2) is 67.5 Å². The topological polar surface area (TPSA) is 67.1 Å². The second kappa shape index (κ2) is 8.03. The number of aromatic nitrogens is 2. The molecule has 4 aromatic rings. The van der Waals surface area contributed by atoms with Crippen molar-refractivity contribution in [3.63, 3.8) is 0 Å². The number of nitrogens with zero attached hydrogens (tertiary/aromatic N) is 3. The summed E-state index contributed by atoms with van der Waals surface area (Å²) in [6.45, 7) is 5.09. The molecule has 5 nitrogen and oxygen atoms in total. The van der Waals surface area contributed by atoms with Gasteiger partial charge >= 0.3 is 0 Å². The van der Waals surface area contributed by atoms with Crippen molar-refractivity contribution in [2.24, 2.45) is 0 Å². The van der Waals surface area contributed by atoms with Crippen LogP contribution in [0.5, 0.6) is 0 Å². The van der Waals surface area contributed by atoms with E-state index in [9.17, 15) is 0 Å². The van der Waals surface area contributed by atoms with E-state index >= 15 is 0 Å². The highest BCUT2D eigenvalue weighted by Gasteiger charge is 2.06. The number of hydrogen-bond donors (Lipinski definition) is 2. The van der Waals surface area contributed by atoms with E-state index in [1.165, 1.54) is 16.9 Å². The van der Waals surface area contributed by atoms with Crippen molar-refractivity contribution >= 4 is 38.8 Å². The van der Waals surface area contributed by atoms with Crippen molar-refractivity contribution in [3.05, 3.63) is 78.6 Å². The predicted molar refractivity (Wildman–Crippen MR) is 124 cm³/mol. The van der Waals surface area contributed by atoms with Gasteiger partial charge in [0, 0.05) is 30.0 Å². The summed E-state index contributed by atoms with van der Waals surface area (Å²) in [5, 5.41) is 6.08. The maximum Gasteiger partial charge on any atom is 0.180 e. The molecule has 0 aliphatic carbocycles. The van der Waals surface area contributed by atoms with Crippen molar-refractivity contribution in [3.8, 4) is 10.4 Å². The van der Waals surface area contributed by atoms with E-state index < -0.39 is 0 Å². The lowest BCUT2D eigenvalue weighted by atomic mass is 10.1. The highest BCUT2D eigenvalue weighted by molar-refractivity contribution is 7.18. The monoisotopic (exact) mass is 401 g/mol. The van der Waals surface area contributed by atoms with Gasteiger partial charge in [-0.05, 0) is 48.3 Å². The molecule has 2 heterocycles. The van der Waals surface area contributed by atoms with Gasteiger partial charge in [0.1, 0.15) is 5.82 Å². The molecule has 6 heteroatoms. The van der Waals surface area contributed by atoms with Gasteiger partial charge in [-0.3, -0.25) is 0 Å². The number of thiazole rings is 1. The third kappa shape index (κ3) is 4.45. The number of nitrogens with one attached hydrogen (secondary N) is 1.